The lowest BCUT2D eigenvalue weighted by atomic mass is 10.3. The Morgan fingerprint density at radius 1 is 1.47 bits per heavy atom. The van der Waals surface area contributed by atoms with E-state index in [2.05, 4.69) is 20.5 Å². The molecular formula is C9H10N4OS. The summed E-state index contributed by atoms with van der Waals surface area (Å²) in [5.41, 5.74) is 3.14. The Morgan fingerprint density at radius 3 is 3.07 bits per heavy atom. The molecule has 78 valence electrons. The molecule has 0 saturated carbocycles. The first-order valence-corrected chi connectivity index (χ1v) is 5.29. The van der Waals surface area contributed by atoms with Gasteiger partial charge in [0.1, 0.15) is 17.0 Å². The first-order chi connectivity index (χ1) is 7.25. The van der Waals surface area contributed by atoms with Crippen LogP contribution in [0.1, 0.15) is 11.4 Å². The molecule has 0 aromatic carbocycles. The molecular weight excluding hydrogens is 212 g/mol. The van der Waals surface area contributed by atoms with E-state index in [9.17, 15) is 5.11 Å². The van der Waals surface area contributed by atoms with Crippen LogP contribution in [0.2, 0.25) is 0 Å². The highest BCUT2D eigenvalue weighted by Crippen LogP contribution is 2.17. The molecule has 0 radical (unpaired) electrons. The van der Waals surface area contributed by atoms with Crippen molar-refractivity contribution < 1.29 is 5.11 Å². The molecule has 0 aliphatic heterocycles. The van der Waals surface area contributed by atoms with Crippen LogP contribution in [-0.4, -0.2) is 20.3 Å². The van der Waals surface area contributed by atoms with E-state index < -0.39 is 0 Å². The third-order valence-electron chi connectivity index (χ3n) is 1.86. The van der Waals surface area contributed by atoms with Crippen LogP contribution in [-0.2, 0) is 6.54 Å². The molecule has 0 saturated heterocycles. The summed E-state index contributed by atoms with van der Waals surface area (Å²) in [6, 6.07) is 3.41. The number of nitrogens with one attached hydrogen (secondary N) is 1. The molecule has 2 aromatic rings. The lowest BCUT2D eigenvalue weighted by molar-refractivity contribution is 0.464. The van der Waals surface area contributed by atoms with Crippen molar-refractivity contribution in [2.75, 3.05) is 5.32 Å². The van der Waals surface area contributed by atoms with Gasteiger partial charge in [0.15, 0.2) is 0 Å². The van der Waals surface area contributed by atoms with Crippen molar-refractivity contribution in [1.29, 1.82) is 0 Å². The molecule has 0 bridgehead atoms. The zero-order chi connectivity index (χ0) is 10.7. The smallest absolute Gasteiger partial charge is 0.205 e. The summed E-state index contributed by atoms with van der Waals surface area (Å²) in [7, 11) is 0. The second kappa shape index (κ2) is 4.22. The van der Waals surface area contributed by atoms with Crippen LogP contribution in [0.25, 0.3) is 0 Å². The monoisotopic (exact) mass is 222 g/mol. The molecule has 2 heterocycles. The van der Waals surface area contributed by atoms with Crippen molar-refractivity contribution in [3.05, 3.63) is 29.0 Å². The molecule has 5 nitrogen and oxygen atoms in total. The molecule has 0 fully saturated rings. The van der Waals surface area contributed by atoms with Gasteiger partial charge in [0.2, 0.25) is 5.13 Å². The van der Waals surface area contributed by atoms with E-state index in [1.165, 1.54) is 11.3 Å². The van der Waals surface area contributed by atoms with Crippen LogP contribution >= 0.6 is 11.3 Å². The normalized spacial score (nSPS) is 10.2. The first kappa shape index (κ1) is 9.85. The number of rotatable bonds is 3. The van der Waals surface area contributed by atoms with Gasteiger partial charge in [-0.3, -0.25) is 4.98 Å². The van der Waals surface area contributed by atoms with Crippen molar-refractivity contribution in [2.45, 2.75) is 13.5 Å². The average molecular weight is 222 g/mol. The fourth-order valence-electron chi connectivity index (χ4n) is 1.14. The van der Waals surface area contributed by atoms with Gasteiger partial charge in [0.05, 0.1) is 6.54 Å². The zero-order valence-corrected chi connectivity index (χ0v) is 8.95. The number of aryl methyl sites for hydroxylation is 1. The average Bonchev–Trinajstić information content (AvgIpc) is 2.72. The number of anilines is 1. The van der Waals surface area contributed by atoms with Crippen molar-refractivity contribution in [3.8, 4) is 5.75 Å². The topological polar surface area (TPSA) is 70.9 Å². The minimum Gasteiger partial charge on any atom is -0.506 e. The summed E-state index contributed by atoms with van der Waals surface area (Å²) in [6.07, 6.45) is 0. The standard InChI is InChI=1S/C9H10N4OS/c1-6-2-3-8(14)7(12-6)4-10-9-13-11-5-15-9/h2-3,5,14H,4H2,1H3,(H,10,13). The van der Waals surface area contributed by atoms with Crippen LogP contribution in [0.3, 0.4) is 0 Å². The lowest BCUT2D eigenvalue weighted by Gasteiger charge is -2.04. The van der Waals surface area contributed by atoms with Crippen LogP contribution in [0.5, 0.6) is 5.75 Å². The molecule has 6 heteroatoms. The highest BCUT2D eigenvalue weighted by molar-refractivity contribution is 7.13. The number of hydrogen-bond acceptors (Lipinski definition) is 6. The Hall–Kier alpha value is -1.69. The summed E-state index contributed by atoms with van der Waals surface area (Å²) >= 11 is 1.41. The third-order valence-corrected chi connectivity index (χ3v) is 2.51. The van der Waals surface area contributed by atoms with Gasteiger partial charge in [-0.15, -0.1) is 10.2 Å². The van der Waals surface area contributed by atoms with Crippen molar-refractivity contribution in [2.24, 2.45) is 0 Å². The van der Waals surface area contributed by atoms with E-state index in [1.54, 1.807) is 17.6 Å². The summed E-state index contributed by atoms with van der Waals surface area (Å²) in [5.74, 6) is 0.192. The number of aromatic hydroxyl groups is 1. The van der Waals surface area contributed by atoms with Crippen molar-refractivity contribution >= 4 is 16.5 Å². The zero-order valence-electron chi connectivity index (χ0n) is 8.14. The van der Waals surface area contributed by atoms with Gasteiger partial charge in [0, 0.05) is 5.69 Å². The highest BCUT2D eigenvalue weighted by atomic mass is 32.1. The molecule has 2 rings (SSSR count). The van der Waals surface area contributed by atoms with E-state index in [-0.39, 0.29) is 5.75 Å². The van der Waals surface area contributed by atoms with Gasteiger partial charge in [0.25, 0.3) is 0 Å². The molecule has 15 heavy (non-hydrogen) atoms. The van der Waals surface area contributed by atoms with E-state index >= 15 is 0 Å². The van der Waals surface area contributed by atoms with Crippen molar-refractivity contribution in [1.82, 2.24) is 15.2 Å². The number of pyridine rings is 1. The number of nitrogens with zero attached hydrogens (tertiary/aromatic N) is 3. The molecule has 2 aromatic heterocycles. The highest BCUT2D eigenvalue weighted by Gasteiger charge is 2.03. The van der Waals surface area contributed by atoms with E-state index in [0.29, 0.717) is 12.2 Å². The third kappa shape index (κ3) is 2.41. The fourth-order valence-corrected chi connectivity index (χ4v) is 1.59. The lowest BCUT2D eigenvalue weighted by Crippen LogP contribution is -2.02. The summed E-state index contributed by atoms with van der Waals surface area (Å²) in [4.78, 5) is 4.22. The fraction of sp³-hybridized carbons (Fsp3) is 0.222. The maximum absolute atomic E-state index is 9.53. The van der Waals surface area contributed by atoms with Gasteiger partial charge < -0.3 is 10.4 Å². The Morgan fingerprint density at radius 2 is 2.33 bits per heavy atom. The minimum absolute atomic E-state index is 0.192. The second-order valence-electron chi connectivity index (χ2n) is 3.02. The Labute approximate surface area is 90.8 Å². The van der Waals surface area contributed by atoms with Crippen LogP contribution in [0, 0.1) is 6.92 Å². The number of aromatic nitrogens is 3. The van der Waals surface area contributed by atoms with Gasteiger partial charge >= 0.3 is 0 Å². The molecule has 0 aliphatic rings. The van der Waals surface area contributed by atoms with Crippen molar-refractivity contribution in [3.63, 3.8) is 0 Å². The van der Waals surface area contributed by atoms with E-state index in [1.807, 2.05) is 6.92 Å². The maximum atomic E-state index is 9.53. The van der Waals surface area contributed by atoms with Gasteiger partial charge in [-0.2, -0.15) is 0 Å². The SMILES string of the molecule is Cc1ccc(O)c(CNc2nncs2)n1. The summed E-state index contributed by atoms with van der Waals surface area (Å²) < 4.78 is 0. The number of hydrogen-bond donors (Lipinski definition) is 2. The Balaban J connectivity index is 2.07. The second-order valence-corrected chi connectivity index (χ2v) is 3.85. The molecule has 0 atom stereocenters. The quantitative estimate of drug-likeness (QED) is 0.824. The van der Waals surface area contributed by atoms with Gasteiger partial charge in [-0.25, -0.2) is 0 Å². The van der Waals surface area contributed by atoms with Crippen LogP contribution in [0.4, 0.5) is 5.13 Å². The predicted molar refractivity (Wildman–Crippen MR) is 57.9 cm³/mol. The largest absolute Gasteiger partial charge is 0.506 e. The molecule has 0 aliphatic carbocycles. The van der Waals surface area contributed by atoms with E-state index in [0.717, 1.165) is 10.8 Å². The van der Waals surface area contributed by atoms with Crippen LogP contribution in [0.15, 0.2) is 17.6 Å². The molecule has 0 spiro atoms. The molecule has 0 amide bonds. The Bertz CT molecular complexity index is 443. The summed E-state index contributed by atoms with van der Waals surface area (Å²) in [5, 5.41) is 20.8. The summed E-state index contributed by atoms with van der Waals surface area (Å²) in [6.45, 7) is 2.33. The van der Waals surface area contributed by atoms with Crippen LogP contribution < -0.4 is 5.32 Å². The molecule has 0 unspecified atom stereocenters. The van der Waals surface area contributed by atoms with Gasteiger partial charge in [-0.05, 0) is 19.1 Å². The first-order valence-electron chi connectivity index (χ1n) is 4.41. The van der Waals surface area contributed by atoms with E-state index in [4.69, 9.17) is 0 Å². The predicted octanol–water partition coefficient (Wildman–Crippen LogP) is 1.56. The maximum Gasteiger partial charge on any atom is 0.205 e. The van der Waals surface area contributed by atoms with Gasteiger partial charge in [-0.1, -0.05) is 11.3 Å². The Kier molecular flexibility index (Phi) is 2.77. The molecule has 2 N–H and O–H groups in total. The minimum atomic E-state index is 0.192.